The van der Waals surface area contributed by atoms with Gasteiger partial charge in [0.05, 0.1) is 18.1 Å². The summed E-state index contributed by atoms with van der Waals surface area (Å²) < 4.78 is 5.21. The summed E-state index contributed by atoms with van der Waals surface area (Å²) in [6, 6.07) is 8.06. The van der Waals surface area contributed by atoms with Gasteiger partial charge in [-0.3, -0.25) is 9.69 Å². The molecule has 1 atom stereocenters. The monoisotopic (exact) mass is 361 g/mol. The third-order valence-electron chi connectivity index (χ3n) is 6.02. The van der Waals surface area contributed by atoms with E-state index in [1.165, 1.54) is 0 Å². The minimum Gasteiger partial charge on any atom is -0.497 e. The van der Waals surface area contributed by atoms with E-state index in [2.05, 4.69) is 21.9 Å². The lowest BCUT2D eigenvalue weighted by Crippen LogP contribution is -2.55. The summed E-state index contributed by atoms with van der Waals surface area (Å²) >= 11 is 0. The number of carbonyl (C=O) groups is 1. The number of nitrogens with zero attached hydrogens (tertiary/aromatic N) is 2. The van der Waals surface area contributed by atoms with Crippen LogP contribution in [0.5, 0.6) is 5.75 Å². The third-order valence-corrected chi connectivity index (χ3v) is 6.02. The molecule has 1 unspecified atom stereocenters. The largest absolute Gasteiger partial charge is 0.497 e. The lowest BCUT2D eigenvalue weighted by atomic mass is 9.80. The third kappa shape index (κ3) is 4.13. The van der Waals surface area contributed by atoms with Crippen molar-refractivity contribution in [3.63, 3.8) is 0 Å². The van der Waals surface area contributed by atoms with Crippen LogP contribution in [0.1, 0.15) is 32.6 Å². The number of β-amino-alcohol motifs (C(OH)–C–C–N with tert-alkyl or cyclic N) is 1. The predicted octanol–water partition coefficient (Wildman–Crippen LogP) is 1.61. The molecule has 3 rings (SSSR count). The highest BCUT2D eigenvalue weighted by molar-refractivity contribution is 5.80. The fourth-order valence-electron chi connectivity index (χ4n) is 4.23. The van der Waals surface area contributed by atoms with Crippen molar-refractivity contribution in [2.75, 3.05) is 44.7 Å². The Bertz CT molecular complexity index is 626. The Morgan fingerprint density at radius 1 is 1.19 bits per heavy atom. The molecule has 0 aliphatic carbocycles. The van der Waals surface area contributed by atoms with Gasteiger partial charge in [-0.25, -0.2) is 0 Å². The van der Waals surface area contributed by atoms with Gasteiger partial charge in [-0.05, 0) is 63.4 Å². The summed E-state index contributed by atoms with van der Waals surface area (Å²) in [7, 11) is 1.67. The van der Waals surface area contributed by atoms with E-state index in [9.17, 15) is 9.90 Å². The number of methoxy groups -OCH3 is 1. The first-order valence-electron chi connectivity index (χ1n) is 9.47. The highest BCUT2D eigenvalue weighted by atomic mass is 16.5. The smallest absolute Gasteiger partial charge is 0.224 e. The number of hydrogen-bond acceptors (Lipinski definition) is 5. The molecule has 2 fully saturated rings. The van der Waals surface area contributed by atoms with E-state index in [0.717, 1.165) is 56.8 Å². The molecule has 6 heteroatoms. The molecule has 6 nitrogen and oxygen atoms in total. The average molecular weight is 361 g/mol. The maximum atomic E-state index is 11.8. The molecule has 0 saturated carbocycles. The summed E-state index contributed by atoms with van der Waals surface area (Å²) in [5, 5.41) is 11.1. The normalized spacial score (nSPS) is 26.5. The highest BCUT2D eigenvalue weighted by Crippen LogP contribution is 2.33. The standard InChI is InChI=1S/C20H31N3O3/c1-19(18(21)24)8-3-11-22(14-19)15-20(25)9-12-23(13-10-20)16-4-6-17(26-2)7-5-16/h4-7,25H,3,8-15H2,1-2H3,(H2,21,24). The van der Waals surface area contributed by atoms with Crippen molar-refractivity contribution in [1.82, 2.24) is 4.90 Å². The molecule has 0 radical (unpaired) electrons. The molecule has 2 aliphatic rings. The van der Waals surface area contributed by atoms with Gasteiger partial charge < -0.3 is 20.5 Å². The fraction of sp³-hybridized carbons (Fsp3) is 0.650. The lowest BCUT2D eigenvalue weighted by molar-refractivity contribution is -0.131. The van der Waals surface area contributed by atoms with Gasteiger partial charge >= 0.3 is 0 Å². The minimum atomic E-state index is -0.696. The quantitative estimate of drug-likeness (QED) is 0.833. The molecule has 0 bridgehead atoms. The van der Waals surface area contributed by atoms with E-state index >= 15 is 0 Å². The van der Waals surface area contributed by atoms with E-state index in [1.54, 1.807) is 7.11 Å². The maximum Gasteiger partial charge on any atom is 0.224 e. The van der Waals surface area contributed by atoms with Crippen LogP contribution < -0.4 is 15.4 Å². The minimum absolute atomic E-state index is 0.233. The fourth-order valence-corrected chi connectivity index (χ4v) is 4.23. The van der Waals surface area contributed by atoms with Crippen LogP contribution in [0.3, 0.4) is 0 Å². The SMILES string of the molecule is COc1ccc(N2CCC(O)(CN3CCCC(C)(C(N)=O)C3)CC2)cc1. The van der Waals surface area contributed by atoms with E-state index in [1.807, 2.05) is 19.1 Å². The number of likely N-dealkylation sites (tertiary alicyclic amines) is 1. The van der Waals surface area contributed by atoms with Crippen molar-refractivity contribution in [3.8, 4) is 5.75 Å². The van der Waals surface area contributed by atoms with Gasteiger partial charge in [0.25, 0.3) is 0 Å². The first-order valence-corrected chi connectivity index (χ1v) is 9.47. The number of hydrogen-bond donors (Lipinski definition) is 2. The van der Waals surface area contributed by atoms with Gasteiger partial charge in [-0.2, -0.15) is 0 Å². The van der Waals surface area contributed by atoms with Crippen molar-refractivity contribution < 1.29 is 14.6 Å². The van der Waals surface area contributed by atoms with E-state index < -0.39 is 11.0 Å². The maximum absolute atomic E-state index is 11.8. The Morgan fingerprint density at radius 3 is 2.42 bits per heavy atom. The van der Waals surface area contributed by atoms with Crippen LogP contribution in [0.2, 0.25) is 0 Å². The molecule has 0 aromatic heterocycles. The van der Waals surface area contributed by atoms with Crippen LogP contribution in [0.15, 0.2) is 24.3 Å². The van der Waals surface area contributed by atoms with Crippen LogP contribution in [-0.4, -0.2) is 61.3 Å². The van der Waals surface area contributed by atoms with Gasteiger partial charge in [0.15, 0.2) is 0 Å². The van der Waals surface area contributed by atoms with Crippen molar-refractivity contribution in [2.24, 2.45) is 11.1 Å². The summed E-state index contributed by atoms with van der Waals surface area (Å²) in [4.78, 5) is 16.3. The highest BCUT2D eigenvalue weighted by Gasteiger charge is 2.40. The first-order chi connectivity index (χ1) is 12.3. The number of carbonyl (C=O) groups excluding carboxylic acids is 1. The first kappa shape index (κ1) is 19.0. The lowest BCUT2D eigenvalue weighted by Gasteiger charge is -2.45. The zero-order valence-electron chi connectivity index (χ0n) is 15.9. The second-order valence-electron chi connectivity index (χ2n) is 8.15. The van der Waals surface area contributed by atoms with Crippen LogP contribution in [0.4, 0.5) is 5.69 Å². The van der Waals surface area contributed by atoms with Crippen molar-refractivity contribution in [3.05, 3.63) is 24.3 Å². The number of anilines is 1. The Morgan fingerprint density at radius 2 is 1.85 bits per heavy atom. The molecule has 0 spiro atoms. The van der Waals surface area contributed by atoms with Gasteiger partial charge in [0.2, 0.25) is 5.91 Å². The topological polar surface area (TPSA) is 79.0 Å². The Kier molecular flexibility index (Phi) is 5.44. The average Bonchev–Trinajstić information content (AvgIpc) is 2.62. The Labute approximate surface area is 155 Å². The molecule has 144 valence electrons. The number of nitrogens with two attached hydrogens (primary N) is 1. The molecule has 26 heavy (non-hydrogen) atoms. The van der Waals surface area contributed by atoms with Crippen LogP contribution in [0.25, 0.3) is 0 Å². The predicted molar refractivity (Wildman–Crippen MR) is 102 cm³/mol. The second-order valence-corrected chi connectivity index (χ2v) is 8.15. The van der Waals surface area contributed by atoms with E-state index in [-0.39, 0.29) is 5.91 Å². The Balaban J connectivity index is 1.56. The number of amides is 1. The van der Waals surface area contributed by atoms with E-state index in [0.29, 0.717) is 13.1 Å². The summed E-state index contributed by atoms with van der Waals surface area (Å²) in [5.74, 6) is 0.619. The Hall–Kier alpha value is -1.79. The summed E-state index contributed by atoms with van der Waals surface area (Å²) in [6.45, 7) is 5.78. The molecular formula is C20H31N3O3. The van der Waals surface area contributed by atoms with Gasteiger partial charge in [-0.15, -0.1) is 0 Å². The number of ether oxygens (including phenoxy) is 1. The second kappa shape index (κ2) is 7.45. The van der Waals surface area contributed by atoms with Crippen LogP contribution in [0, 0.1) is 5.41 Å². The molecule has 2 aliphatic heterocycles. The molecule has 1 amide bonds. The van der Waals surface area contributed by atoms with Crippen LogP contribution in [-0.2, 0) is 4.79 Å². The zero-order valence-corrected chi connectivity index (χ0v) is 15.9. The molecule has 3 N–H and O–H groups in total. The molecular weight excluding hydrogens is 330 g/mol. The summed E-state index contributed by atoms with van der Waals surface area (Å²) in [5.41, 5.74) is 5.58. The number of benzene rings is 1. The molecule has 1 aromatic rings. The number of piperidine rings is 2. The number of rotatable bonds is 5. The number of aliphatic hydroxyl groups is 1. The van der Waals surface area contributed by atoms with Gasteiger partial charge in [0.1, 0.15) is 5.75 Å². The van der Waals surface area contributed by atoms with Gasteiger partial charge in [-0.1, -0.05) is 0 Å². The molecule has 1 aromatic carbocycles. The number of primary amides is 1. The zero-order chi connectivity index (χ0) is 18.8. The van der Waals surface area contributed by atoms with Gasteiger partial charge in [0, 0.05) is 31.9 Å². The molecule has 2 saturated heterocycles. The molecule has 2 heterocycles. The van der Waals surface area contributed by atoms with E-state index in [4.69, 9.17) is 10.5 Å². The van der Waals surface area contributed by atoms with Crippen LogP contribution >= 0.6 is 0 Å². The summed E-state index contributed by atoms with van der Waals surface area (Å²) in [6.07, 6.45) is 3.24. The van der Waals surface area contributed by atoms with Crippen molar-refractivity contribution in [2.45, 2.75) is 38.2 Å². The van der Waals surface area contributed by atoms with Crippen molar-refractivity contribution in [1.29, 1.82) is 0 Å². The van der Waals surface area contributed by atoms with Crippen molar-refractivity contribution >= 4 is 11.6 Å².